The van der Waals surface area contributed by atoms with E-state index in [0.29, 0.717) is 0 Å². The van der Waals surface area contributed by atoms with Crippen LogP contribution >= 0.6 is 0 Å². The van der Waals surface area contributed by atoms with Gasteiger partial charge in [-0.1, -0.05) is 29.8 Å². The van der Waals surface area contributed by atoms with Crippen molar-refractivity contribution in [3.05, 3.63) is 59.2 Å². The molecule has 29 heavy (non-hydrogen) atoms. The highest BCUT2D eigenvalue weighted by Crippen LogP contribution is 2.39. The number of rotatable bonds is 7. The van der Waals surface area contributed by atoms with Crippen molar-refractivity contribution in [2.24, 2.45) is 0 Å². The number of hydrogen-bond donors (Lipinski definition) is 0. The summed E-state index contributed by atoms with van der Waals surface area (Å²) >= 11 is 0. The monoisotopic (exact) mass is 429 g/mol. The minimum absolute atomic E-state index is 0.0161. The lowest BCUT2D eigenvalue weighted by Crippen LogP contribution is -2.41. The zero-order chi connectivity index (χ0) is 22.0. The standard InChI is InChI=1S/C21H26F3NO3S/c1-14(2)25(29(26,27)15(3)4)19-11-10-18(21(22,23)24)12-20(19)28-13-17-8-6-16(5)7-9-17/h6-12,14-15H,13H2,1-5H3. The average molecular weight is 430 g/mol. The Labute approximate surface area is 170 Å². The van der Waals surface area contributed by atoms with Crippen molar-refractivity contribution >= 4 is 15.7 Å². The highest BCUT2D eigenvalue weighted by atomic mass is 32.2. The fourth-order valence-corrected chi connectivity index (χ4v) is 4.24. The van der Waals surface area contributed by atoms with Gasteiger partial charge in [-0.2, -0.15) is 13.2 Å². The molecule has 0 heterocycles. The van der Waals surface area contributed by atoms with Gasteiger partial charge in [0, 0.05) is 6.04 Å². The van der Waals surface area contributed by atoms with E-state index in [4.69, 9.17) is 4.74 Å². The van der Waals surface area contributed by atoms with Gasteiger partial charge in [-0.25, -0.2) is 8.42 Å². The Morgan fingerprint density at radius 3 is 2.07 bits per heavy atom. The lowest BCUT2D eigenvalue weighted by atomic mass is 10.1. The van der Waals surface area contributed by atoms with Crippen molar-refractivity contribution in [2.45, 2.75) is 58.7 Å². The summed E-state index contributed by atoms with van der Waals surface area (Å²) in [4.78, 5) is 0. The summed E-state index contributed by atoms with van der Waals surface area (Å²) < 4.78 is 72.3. The molecule has 0 unspecified atom stereocenters. The van der Waals surface area contributed by atoms with Crippen molar-refractivity contribution in [3.63, 3.8) is 0 Å². The Hall–Kier alpha value is -2.22. The number of halogens is 3. The van der Waals surface area contributed by atoms with Crippen molar-refractivity contribution in [2.75, 3.05) is 4.31 Å². The van der Waals surface area contributed by atoms with Crippen molar-refractivity contribution in [1.29, 1.82) is 0 Å². The summed E-state index contributed by atoms with van der Waals surface area (Å²) in [5, 5.41) is -0.739. The zero-order valence-electron chi connectivity index (χ0n) is 17.1. The summed E-state index contributed by atoms with van der Waals surface area (Å²) in [6.07, 6.45) is -4.57. The summed E-state index contributed by atoms with van der Waals surface area (Å²) in [5.74, 6) is -0.127. The molecule has 2 aromatic carbocycles. The van der Waals surface area contributed by atoms with Crippen LogP contribution in [0.25, 0.3) is 0 Å². The molecule has 0 aromatic heterocycles. The second-order valence-electron chi connectivity index (χ2n) is 7.44. The maximum Gasteiger partial charge on any atom is 0.416 e. The molecular formula is C21H26F3NO3S. The Balaban J connectivity index is 2.53. The third-order valence-corrected chi connectivity index (χ3v) is 6.74. The molecule has 0 N–H and O–H groups in total. The second kappa shape index (κ2) is 8.65. The number of anilines is 1. The SMILES string of the molecule is Cc1ccc(COc2cc(C(F)(F)F)ccc2N(C(C)C)S(=O)(=O)C(C)C)cc1. The second-order valence-corrected chi connectivity index (χ2v) is 9.80. The van der Waals surface area contributed by atoms with Crippen molar-refractivity contribution in [3.8, 4) is 5.75 Å². The molecule has 0 aliphatic heterocycles. The number of benzene rings is 2. The Morgan fingerprint density at radius 1 is 1.00 bits per heavy atom. The van der Waals surface area contributed by atoms with Crippen LogP contribution in [0.1, 0.15) is 44.4 Å². The van der Waals surface area contributed by atoms with Crippen LogP contribution < -0.4 is 9.04 Å². The van der Waals surface area contributed by atoms with Gasteiger partial charge >= 0.3 is 6.18 Å². The van der Waals surface area contributed by atoms with E-state index < -0.39 is 33.1 Å². The first-order valence-electron chi connectivity index (χ1n) is 9.27. The predicted octanol–water partition coefficient (Wildman–Crippen LogP) is 5.55. The summed E-state index contributed by atoms with van der Waals surface area (Å²) in [6, 6.07) is 9.76. The average Bonchev–Trinajstić information content (AvgIpc) is 2.60. The first-order chi connectivity index (χ1) is 13.3. The molecule has 160 valence electrons. The molecule has 0 fully saturated rings. The topological polar surface area (TPSA) is 46.6 Å². The molecule has 0 aliphatic carbocycles. The maximum atomic E-state index is 13.2. The molecule has 0 atom stereocenters. The normalized spacial score (nSPS) is 12.5. The first-order valence-corrected chi connectivity index (χ1v) is 10.8. The quantitative estimate of drug-likeness (QED) is 0.580. The number of sulfonamides is 1. The van der Waals surface area contributed by atoms with Crippen molar-refractivity contribution < 1.29 is 26.3 Å². The molecule has 0 aliphatic rings. The minimum atomic E-state index is -4.57. The fourth-order valence-electron chi connectivity index (χ4n) is 2.77. The van der Waals surface area contributed by atoms with Crippen LogP contribution in [0.4, 0.5) is 18.9 Å². The molecule has 0 saturated heterocycles. The van der Waals surface area contributed by atoms with Crippen LogP contribution in [0.5, 0.6) is 5.75 Å². The molecule has 0 saturated carbocycles. The lowest BCUT2D eigenvalue weighted by Gasteiger charge is -2.31. The van der Waals surface area contributed by atoms with E-state index in [2.05, 4.69) is 0 Å². The molecule has 0 spiro atoms. The van der Waals surface area contributed by atoms with Crippen LogP contribution in [0, 0.1) is 6.92 Å². The van der Waals surface area contributed by atoms with E-state index in [1.54, 1.807) is 13.8 Å². The summed E-state index contributed by atoms with van der Waals surface area (Å²) in [6.45, 7) is 8.33. The molecule has 0 bridgehead atoms. The minimum Gasteiger partial charge on any atom is -0.487 e. The van der Waals surface area contributed by atoms with E-state index in [1.165, 1.54) is 13.8 Å². The smallest absolute Gasteiger partial charge is 0.416 e. The van der Waals surface area contributed by atoms with Gasteiger partial charge in [0.1, 0.15) is 12.4 Å². The molecular weight excluding hydrogens is 403 g/mol. The molecule has 0 amide bonds. The van der Waals surface area contributed by atoms with Crippen LogP contribution in [-0.4, -0.2) is 19.7 Å². The van der Waals surface area contributed by atoms with E-state index in [-0.39, 0.29) is 18.0 Å². The molecule has 2 aromatic rings. The number of hydrogen-bond acceptors (Lipinski definition) is 3. The summed E-state index contributed by atoms with van der Waals surface area (Å²) in [7, 11) is -3.78. The number of alkyl halides is 3. The predicted molar refractivity (Wildman–Crippen MR) is 109 cm³/mol. The molecule has 8 heteroatoms. The van der Waals surface area contributed by atoms with Gasteiger partial charge < -0.3 is 4.74 Å². The third kappa shape index (κ3) is 5.44. The van der Waals surface area contributed by atoms with Gasteiger partial charge in [-0.05, 0) is 58.4 Å². The fraction of sp³-hybridized carbons (Fsp3) is 0.429. The van der Waals surface area contributed by atoms with Gasteiger partial charge in [0.15, 0.2) is 0 Å². The zero-order valence-corrected chi connectivity index (χ0v) is 17.9. The van der Waals surface area contributed by atoms with Crippen molar-refractivity contribution in [1.82, 2.24) is 0 Å². The van der Waals surface area contributed by atoms with Crippen LogP contribution in [0.3, 0.4) is 0 Å². The van der Waals surface area contributed by atoms with E-state index >= 15 is 0 Å². The summed E-state index contributed by atoms with van der Waals surface area (Å²) in [5.41, 5.74) is 1.00. The molecule has 2 rings (SSSR count). The number of aryl methyl sites for hydroxylation is 1. The van der Waals surface area contributed by atoms with Gasteiger partial charge in [-0.15, -0.1) is 0 Å². The Morgan fingerprint density at radius 2 is 1.59 bits per heavy atom. The van der Waals surface area contributed by atoms with Gasteiger partial charge in [0.05, 0.1) is 16.5 Å². The maximum absolute atomic E-state index is 13.2. The van der Waals surface area contributed by atoms with E-state index in [9.17, 15) is 21.6 Å². The van der Waals surface area contributed by atoms with Gasteiger partial charge in [0.25, 0.3) is 0 Å². The molecule has 4 nitrogen and oxygen atoms in total. The van der Waals surface area contributed by atoms with Crippen LogP contribution in [0.15, 0.2) is 42.5 Å². The van der Waals surface area contributed by atoms with E-state index in [0.717, 1.165) is 33.6 Å². The van der Waals surface area contributed by atoms with E-state index in [1.807, 2.05) is 31.2 Å². The van der Waals surface area contributed by atoms with Gasteiger partial charge in [-0.3, -0.25) is 4.31 Å². The number of ether oxygens (including phenoxy) is 1. The highest BCUT2D eigenvalue weighted by Gasteiger charge is 2.35. The third-order valence-electron chi connectivity index (χ3n) is 4.38. The highest BCUT2D eigenvalue weighted by molar-refractivity contribution is 7.93. The Kier molecular flexibility index (Phi) is 6.88. The largest absolute Gasteiger partial charge is 0.487 e. The van der Waals surface area contributed by atoms with Crippen LogP contribution in [0.2, 0.25) is 0 Å². The lowest BCUT2D eigenvalue weighted by molar-refractivity contribution is -0.137. The Bertz CT molecular complexity index is 937. The number of nitrogens with zero attached hydrogens (tertiary/aromatic N) is 1. The molecule has 0 radical (unpaired) electrons. The van der Waals surface area contributed by atoms with Crippen LogP contribution in [-0.2, 0) is 22.8 Å². The first kappa shape index (κ1) is 23.1. The van der Waals surface area contributed by atoms with Gasteiger partial charge in [0.2, 0.25) is 10.0 Å².